The van der Waals surface area contributed by atoms with Crippen LogP contribution in [0.25, 0.3) is 0 Å². The number of amides is 1. The number of rotatable bonds is 5. The van der Waals surface area contributed by atoms with E-state index in [9.17, 15) is 9.59 Å². The number of benzene rings is 1. The second kappa shape index (κ2) is 6.47. The molecule has 0 aromatic heterocycles. The first kappa shape index (κ1) is 15.2. The Bertz CT molecular complexity index is 543. The summed E-state index contributed by atoms with van der Waals surface area (Å²) in [5.41, 5.74) is 0.923. The van der Waals surface area contributed by atoms with Crippen LogP contribution < -0.4 is 14.8 Å². The highest BCUT2D eigenvalue weighted by Crippen LogP contribution is 2.30. The summed E-state index contributed by atoms with van der Waals surface area (Å²) in [5.74, 6) is 0.0481. The summed E-state index contributed by atoms with van der Waals surface area (Å²) >= 11 is 0. The van der Waals surface area contributed by atoms with Gasteiger partial charge in [0.15, 0.2) is 0 Å². The van der Waals surface area contributed by atoms with E-state index in [2.05, 4.69) is 5.32 Å². The molecule has 1 amide bonds. The second-order valence-electron chi connectivity index (χ2n) is 5.19. The molecular formula is C15H19NO5. The van der Waals surface area contributed by atoms with E-state index in [4.69, 9.17) is 14.6 Å². The third kappa shape index (κ3) is 3.87. The van der Waals surface area contributed by atoms with Crippen LogP contribution in [0.15, 0.2) is 18.2 Å². The van der Waals surface area contributed by atoms with E-state index in [0.29, 0.717) is 13.0 Å². The van der Waals surface area contributed by atoms with E-state index in [1.54, 1.807) is 14.0 Å². The number of nitrogens with one attached hydrogen (secondary N) is 1. The molecule has 1 aromatic rings. The standard InChI is InChI=1S/C15H19NO5/c1-9(5-14(17)18)16-15(19)11-6-10-7-12(20-2)3-4-13(10)21-8-11/h3-4,7,9,11H,5-6,8H2,1-2H3,(H,16,19)(H,17,18). The highest BCUT2D eigenvalue weighted by Gasteiger charge is 2.27. The smallest absolute Gasteiger partial charge is 0.305 e. The predicted octanol–water partition coefficient (Wildman–Crippen LogP) is 1.23. The van der Waals surface area contributed by atoms with E-state index in [1.165, 1.54) is 0 Å². The van der Waals surface area contributed by atoms with Crippen molar-refractivity contribution < 1.29 is 24.2 Å². The Balaban J connectivity index is 1.99. The Kier molecular flexibility index (Phi) is 4.67. The van der Waals surface area contributed by atoms with Crippen molar-refractivity contribution in [2.75, 3.05) is 13.7 Å². The lowest BCUT2D eigenvalue weighted by Gasteiger charge is -2.26. The van der Waals surface area contributed by atoms with E-state index in [1.807, 2.05) is 18.2 Å². The van der Waals surface area contributed by atoms with Crippen molar-refractivity contribution >= 4 is 11.9 Å². The molecule has 0 fully saturated rings. The molecule has 2 unspecified atom stereocenters. The van der Waals surface area contributed by atoms with E-state index in [0.717, 1.165) is 17.1 Å². The highest BCUT2D eigenvalue weighted by atomic mass is 16.5. The third-order valence-electron chi connectivity index (χ3n) is 3.41. The monoisotopic (exact) mass is 293 g/mol. The number of hydrogen-bond acceptors (Lipinski definition) is 4. The molecule has 0 radical (unpaired) electrons. The molecule has 0 saturated carbocycles. The Morgan fingerprint density at radius 2 is 2.29 bits per heavy atom. The molecule has 1 heterocycles. The third-order valence-corrected chi connectivity index (χ3v) is 3.41. The van der Waals surface area contributed by atoms with Gasteiger partial charge in [-0.15, -0.1) is 0 Å². The number of aliphatic carboxylic acids is 1. The first-order valence-corrected chi connectivity index (χ1v) is 6.81. The van der Waals surface area contributed by atoms with Gasteiger partial charge in [-0.1, -0.05) is 0 Å². The molecule has 0 saturated heterocycles. The molecule has 21 heavy (non-hydrogen) atoms. The number of carbonyl (C=O) groups is 2. The van der Waals surface area contributed by atoms with E-state index < -0.39 is 12.0 Å². The predicted molar refractivity (Wildman–Crippen MR) is 75.5 cm³/mol. The van der Waals surface area contributed by atoms with Crippen molar-refractivity contribution in [3.8, 4) is 11.5 Å². The minimum Gasteiger partial charge on any atom is -0.497 e. The Hall–Kier alpha value is -2.24. The lowest BCUT2D eigenvalue weighted by Crippen LogP contribution is -2.42. The number of hydrogen-bond donors (Lipinski definition) is 2. The summed E-state index contributed by atoms with van der Waals surface area (Å²) in [5, 5.41) is 11.4. The van der Waals surface area contributed by atoms with Crippen LogP contribution in [0.3, 0.4) is 0 Å². The van der Waals surface area contributed by atoms with Crippen molar-refractivity contribution in [3.63, 3.8) is 0 Å². The maximum atomic E-state index is 12.1. The fraction of sp³-hybridized carbons (Fsp3) is 0.467. The van der Waals surface area contributed by atoms with Crippen LogP contribution in [0.1, 0.15) is 18.9 Å². The van der Waals surface area contributed by atoms with Gasteiger partial charge in [0.1, 0.15) is 18.1 Å². The maximum absolute atomic E-state index is 12.1. The summed E-state index contributed by atoms with van der Waals surface area (Å²) in [7, 11) is 1.59. The van der Waals surface area contributed by atoms with Gasteiger partial charge in [-0.05, 0) is 37.1 Å². The van der Waals surface area contributed by atoms with E-state index in [-0.39, 0.29) is 18.2 Å². The lowest BCUT2D eigenvalue weighted by molar-refractivity contribution is -0.137. The molecule has 2 atom stereocenters. The summed E-state index contributed by atoms with van der Waals surface area (Å²) in [6, 6.07) is 5.10. The van der Waals surface area contributed by atoms with Crippen LogP contribution in [0, 0.1) is 5.92 Å². The Morgan fingerprint density at radius 1 is 1.52 bits per heavy atom. The molecule has 2 N–H and O–H groups in total. The van der Waals surface area contributed by atoms with Gasteiger partial charge in [-0.3, -0.25) is 9.59 Å². The first-order valence-electron chi connectivity index (χ1n) is 6.81. The second-order valence-corrected chi connectivity index (χ2v) is 5.19. The molecule has 0 bridgehead atoms. The average Bonchev–Trinajstić information content (AvgIpc) is 2.45. The molecule has 1 aliphatic rings. The minimum atomic E-state index is -0.933. The molecule has 6 heteroatoms. The van der Waals surface area contributed by atoms with E-state index >= 15 is 0 Å². The van der Waals surface area contributed by atoms with Crippen molar-refractivity contribution in [2.45, 2.75) is 25.8 Å². The lowest BCUT2D eigenvalue weighted by atomic mass is 9.95. The summed E-state index contributed by atoms with van der Waals surface area (Å²) in [6.07, 6.45) is 0.460. The molecule has 1 aliphatic heterocycles. The number of methoxy groups -OCH3 is 1. The van der Waals surface area contributed by atoms with Gasteiger partial charge in [0.05, 0.1) is 19.4 Å². The molecule has 0 aliphatic carbocycles. The van der Waals surface area contributed by atoms with Crippen molar-refractivity contribution in [1.29, 1.82) is 0 Å². The zero-order valence-corrected chi connectivity index (χ0v) is 12.1. The van der Waals surface area contributed by atoms with Crippen LogP contribution in [-0.4, -0.2) is 36.7 Å². The Morgan fingerprint density at radius 3 is 2.95 bits per heavy atom. The highest BCUT2D eigenvalue weighted by molar-refractivity contribution is 5.80. The quantitative estimate of drug-likeness (QED) is 0.853. The fourth-order valence-corrected chi connectivity index (χ4v) is 2.34. The molecule has 6 nitrogen and oxygen atoms in total. The van der Waals surface area contributed by atoms with Crippen LogP contribution >= 0.6 is 0 Å². The van der Waals surface area contributed by atoms with Gasteiger partial charge in [-0.2, -0.15) is 0 Å². The van der Waals surface area contributed by atoms with Crippen LogP contribution in [0.2, 0.25) is 0 Å². The maximum Gasteiger partial charge on any atom is 0.305 e. The largest absolute Gasteiger partial charge is 0.497 e. The number of carbonyl (C=O) groups excluding carboxylic acids is 1. The Labute approximate surface area is 123 Å². The van der Waals surface area contributed by atoms with Gasteiger partial charge in [0, 0.05) is 6.04 Å². The normalized spacial score (nSPS) is 18.1. The number of ether oxygens (including phenoxy) is 2. The van der Waals surface area contributed by atoms with Gasteiger partial charge in [0.25, 0.3) is 0 Å². The van der Waals surface area contributed by atoms with Crippen molar-refractivity contribution in [3.05, 3.63) is 23.8 Å². The van der Waals surface area contributed by atoms with Crippen molar-refractivity contribution in [1.82, 2.24) is 5.32 Å². The summed E-state index contributed by atoms with van der Waals surface area (Å²) in [4.78, 5) is 22.8. The number of carboxylic acids is 1. The minimum absolute atomic E-state index is 0.0935. The van der Waals surface area contributed by atoms with Gasteiger partial charge < -0.3 is 19.9 Å². The van der Waals surface area contributed by atoms with Crippen LogP contribution in [0.4, 0.5) is 0 Å². The molecule has 0 spiro atoms. The molecular weight excluding hydrogens is 274 g/mol. The fourth-order valence-electron chi connectivity index (χ4n) is 2.34. The van der Waals surface area contributed by atoms with Gasteiger partial charge in [-0.25, -0.2) is 0 Å². The van der Waals surface area contributed by atoms with Gasteiger partial charge >= 0.3 is 5.97 Å². The topological polar surface area (TPSA) is 84.9 Å². The van der Waals surface area contributed by atoms with Crippen LogP contribution in [-0.2, 0) is 16.0 Å². The summed E-state index contributed by atoms with van der Waals surface area (Å²) < 4.78 is 10.7. The average molecular weight is 293 g/mol. The SMILES string of the molecule is COc1ccc2c(c1)CC(C(=O)NC(C)CC(=O)O)CO2. The first-order chi connectivity index (χ1) is 9.99. The molecule has 1 aromatic carbocycles. The van der Waals surface area contributed by atoms with Crippen LogP contribution in [0.5, 0.6) is 11.5 Å². The zero-order chi connectivity index (χ0) is 15.4. The zero-order valence-electron chi connectivity index (χ0n) is 12.1. The number of fused-ring (bicyclic) bond motifs is 1. The number of carboxylic acid groups (broad SMARTS) is 1. The molecule has 114 valence electrons. The summed E-state index contributed by atoms with van der Waals surface area (Å²) in [6.45, 7) is 1.97. The van der Waals surface area contributed by atoms with Crippen molar-refractivity contribution in [2.24, 2.45) is 5.92 Å². The molecule has 2 rings (SSSR count). The van der Waals surface area contributed by atoms with Gasteiger partial charge in [0.2, 0.25) is 5.91 Å².